The normalized spacial score (nSPS) is 9.39. The van der Waals surface area contributed by atoms with Crippen LogP contribution in [0.3, 0.4) is 0 Å². The average Bonchev–Trinajstić information content (AvgIpc) is 2.58. The molecule has 0 heterocycles. The molecule has 6 nitrogen and oxygen atoms in total. The Kier molecular flexibility index (Phi) is 5.72. The van der Waals surface area contributed by atoms with Gasteiger partial charge < -0.3 is 10.1 Å². The number of nitro groups is 1. The van der Waals surface area contributed by atoms with Gasteiger partial charge in [-0.3, -0.25) is 10.1 Å². The fourth-order valence-corrected chi connectivity index (χ4v) is 1.70. The Labute approximate surface area is 133 Å². The first-order valence-corrected chi connectivity index (χ1v) is 6.83. The fraction of sp³-hybridized carbons (Fsp3) is 0.118. The van der Waals surface area contributed by atoms with E-state index in [0.717, 1.165) is 5.56 Å². The predicted octanol–water partition coefficient (Wildman–Crippen LogP) is 2.87. The van der Waals surface area contributed by atoms with Gasteiger partial charge in [0.15, 0.2) is 0 Å². The fourth-order valence-electron chi connectivity index (χ4n) is 1.70. The molecule has 23 heavy (non-hydrogen) atoms. The van der Waals surface area contributed by atoms with E-state index in [0.29, 0.717) is 5.56 Å². The van der Waals surface area contributed by atoms with Crippen molar-refractivity contribution >= 4 is 11.8 Å². The summed E-state index contributed by atoms with van der Waals surface area (Å²) >= 11 is 0. The molecule has 0 aromatic heterocycles. The molecule has 1 amide bonds. The molecule has 116 valence electrons. The van der Waals surface area contributed by atoms with Crippen molar-refractivity contribution in [3.8, 4) is 11.8 Å². The highest BCUT2D eigenvalue weighted by Crippen LogP contribution is 2.10. The van der Waals surface area contributed by atoms with Crippen LogP contribution in [0.2, 0.25) is 0 Å². The smallest absolute Gasteiger partial charge is 0.408 e. The molecule has 2 aromatic rings. The van der Waals surface area contributed by atoms with E-state index in [9.17, 15) is 14.9 Å². The quantitative estimate of drug-likeness (QED) is 0.535. The molecule has 0 fully saturated rings. The van der Waals surface area contributed by atoms with Gasteiger partial charge in [0.05, 0.1) is 11.5 Å². The monoisotopic (exact) mass is 310 g/mol. The maximum atomic E-state index is 11.5. The van der Waals surface area contributed by atoms with Crippen molar-refractivity contribution in [1.29, 1.82) is 0 Å². The van der Waals surface area contributed by atoms with Crippen molar-refractivity contribution in [2.45, 2.75) is 6.61 Å². The summed E-state index contributed by atoms with van der Waals surface area (Å²) in [7, 11) is 0. The first kappa shape index (κ1) is 16.0. The van der Waals surface area contributed by atoms with Gasteiger partial charge in [-0.25, -0.2) is 4.79 Å². The SMILES string of the molecule is O=C(NCC#Cc1ccc([N+](=O)[O-])cc1)OCc1ccccc1. The first-order chi connectivity index (χ1) is 11.1. The van der Waals surface area contributed by atoms with Crippen molar-refractivity contribution in [2.75, 3.05) is 6.54 Å². The Balaban J connectivity index is 1.74. The number of carbonyl (C=O) groups excluding carboxylic acids is 1. The number of ether oxygens (including phenoxy) is 1. The summed E-state index contributed by atoms with van der Waals surface area (Å²) < 4.78 is 5.03. The standard InChI is InChI=1S/C17H14N2O4/c20-17(23-13-15-5-2-1-3-6-15)18-12-4-7-14-8-10-16(11-9-14)19(21)22/h1-3,5-6,8-11H,12-13H2,(H,18,20). The van der Waals surface area contributed by atoms with Crippen molar-refractivity contribution < 1.29 is 14.5 Å². The number of nitrogens with zero attached hydrogens (tertiary/aromatic N) is 1. The number of benzene rings is 2. The maximum Gasteiger partial charge on any atom is 0.408 e. The van der Waals surface area contributed by atoms with E-state index in [1.54, 1.807) is 12.1 Å². The summed E-state index contributed by atoms with van der Waals surface area (Å²) in [5.41, 5.74) is 1.55. The summed E-state index contributed by atoms with van der Waals surface area (Å²) in [6.07, 6.45) is -0.549. The second-order valence-electron chi connectivity index (χ2n) is 4.52. The maximum absolute atomic E-state index is 11.5. The van der Waals surface area contributed by atoms with E-state index in [1.807, 2.05) is 30.3 Å². The van der Waals surface area contributed by atoms with E-state index in [-0.39, 0.29) is 18.8 Å². The molecule has 0 spiro atoms. The van der Waals surface area contributed by atoms with Crippen LogP contribution in [-0.4, -0.2) is 17.6 Å². The topological polar surface area (TPSA) is 81.5 Å². The lowest BCUT2D eigenvalue weighted by Gasteiger charge is -2.04. The van der Waals surface area contributed by atoms with Crippen LogP contribution >= 0.6 is 0 Å². The third kappa shape index (κ3) is 5.52. The third-order valence-corrected chi connectivity index (χ3v) is 2.84. The molecular formula is C17H14N2O4. The Morgan fingerprint density at radius 3 is 2.48 bits per heavy atom. The van der Waals surface area contributed by atoms with Crippen LogP contribution in [-0.2, 0) is 11.3 Å². The third-order valence-electron chi connectivity index (χ3n) is 2.84. The number of nitro benzene ring substituents is 1. The number of hydrogen-bond donors (Lipinski definition) is 1. The number of rotatable bonds is 4. The zero-order chi connectivity index (χ0) is 16.5. The number of amides is 1. The lowest BCUT2D eigenvalue weighted by molar-refractivity contribution is -0.384. The minimum atomic E-state index is -0.549. The minimum Gasteiger partial charge on any atom is -0.445 e. The van der Waals surface area contributed by atoms with Crippen LogP contribution in [0.5, 0.6) is 0 Å². The number of alkyl carbamates (subject to hydrolysis) is 1. The van der Waals surface area contributed by atoms with Crippen molar-refractivity contribution in [1.82, 2.24) is 5.32 Å². The van der Waals surface area contributed by atoms with E-state index in [4.69, 9.17) is 4.74 Å². The molecule has 0 bridgehead atoms. The molecule has 0 aliphatic carbocycles. The lowest BCUT2D eigenvalue weighted by Crippen LogP contribution is -2.24. The molecule has 2 aromatic carbocycles. The van der Waals surface area contributed by atoms with E-state index >= 15 is 0 Å². The van der Waals surface area contributed by atoms with Crippen molar-refractivity contribution in [3.63, 3.8) is 0 Å². The Morgan fingerprint density at radius 1 is 1.13 bits per heavy atom. The van der Waals surface area contributed by atoms with Crippen LogP contribution in [0.25, 0.3) is 0 Å². The van der Waals surface area contributed by atoms with Gasteiger partial charge in [0.25, 0.3) is 5.69 Å². The van der Waals surface area contributed by atoms with Crippen LogP contribution in [0.1, 0.15) is 11.1 Å². The molecule has 1 N–H and O–H groups in total. The zero-order valence-corrected chi connectivity index (χ0v) is 12.2. The Bertz CT molecular complexity index is 731. The van der Waals surface area contributed by atoms with E-state index in [1.165, 1.54) is 12.1 Å². The number of carbonyl (C=O) groups is 1. The Hall–Kier alpha value is -3.33. The molecule has 0 aliphatic rings. The highest BCUT2D eigenvalue weighted by Gasteiger charge is 2.02. The summed E-state index contributed by atoms with van der Waals surface area (Å²) in [4.78, 5) is 21.5. The highest BCUT2D eigenvalue weighted by molar-refractivity contribution is 5.67. The van der Waals surface area contributed by atoms with Crippen LogP contribution in [0, 0.1) is 22.0 Å². The second kappa shape index (κ2) is 8.20. The van der Waals surface area contributed by atoms with Gasteiger partial charge in [0.2, 0.25) is 0 Å². The van der Waals surface area contributed by atoms with Gasteiger partial charge in [-0.1, -0.05) is 42.2 Å². The summed E-state index contributed by atoms with van der Waals surface area (Å²) in [6.45, 7) is 0.326. The second-order valence-corrected chi connectivity index (χ2v) is 4.52. The first-order valence-electron chi connectivity index (χ1n) is 6.83. The van der Waals surface area contributed by atoms with Gasteiger partial charge in [0.1, 0.15) is 6.61 Å². The minimum absolute atomic E-state index is 0.0122. The molecule has 0 saturated carbocycles. The summed E-state index contributed by atoms with van der Waals surface area (Å²) in [6, 6.07) is 15.2. The predicted molar refractivity (Wildman–Crippen MR) is 84.6 cm³/mol. The van der Waals surface area contributed by atoms with Crippen molar-refractivity contribution in [2.24, 2.45) is 0 Å². The molecule has 0 atom stereocenters. The van der Waals surface area contributed by atoms with Gasteiger partial charge in [-0.15, -0.1) is 0 Å². The molecule has 2 rings (SSSR count). The number of nitrogens with one attached hydrogen (secondary N) is 1. The molecule has 0 radical (unpaired) electrons. The van der Waals surface area contributed by atoms with Crippen LogP contribution < -0.4 is 5.32 Å². The summed E-state index contributed by atoms with van der Waals surface area (Å²) in [5.74, 6) is 5.54. The largest absolute Gasteiger partial charge is 0.445 e. The molecule has 0 saturated heterocycles. The van der Waals surface area contributed by atoms with Gasteiger partial charge >= 0.3 is 6.09 Å². The van der Waals surface area contributed by atoms with Gasteiger partial charge in [-0.05, 0) is 17.7 Å². The van der Waals surface area contributed by atoms with E-state index in [2.05, 4.69) is 17.2 Å². The van der Waals surface area contributed by atoms with E-state index < -0.39 is 11.0 Å². The number of non-ortho nitro benzene ring substituents is 1. The Morgan fingerprint density at radius 2 is 1.83 bits per heavy atom. The summed E-state index contributed by atoms with van der Waals surface area (Å²) in [5, 5.41) is 13.0. The lowest BCUT2D eigenvalue weighted by atomic mass is 10.2. The van der Waals surface area contributed by atoms with Crippen LogP contribution in [0.4, 0.5) is 10.5 Å². The average molecular weight is 310 g/mol. The van der Waals surface area contributed by atoms with Crippen molar-refractivity contribution in [3.05, 3.63) is 75.8 Å². The van der Waals surface area contributed by atoms with Gasteiger partial charge in [0, 0.05) is 17.7 Å². The van der Waals surface area contributed by atoms with Gasteiger partial charge in [-0.2, -0.15) is 0 Å². The van der Waals surface area contributed by atoms with Crippen LogP contribution in [0.15, 0.2) is 54.6 Å². The molecular weight excluding hydrogens is 296 g/mol. The number of hydrogen-bond acceptors (Lipinski definition) is 4. The molecule has 0 aliphatic heterocycles. The molecule has 6 heteroatoms. The molecule has 0 unspecified atom stereocenters. The zero-order valence-electron chi connectivity index (χ0n) is 12.2. The highest BCUT2D eigenvalue weighted by atomic mass is 16.6.